The van der Waals surface area contributed by atoms with Crippen LogP contribution in [-0.2, 0) is 25.6 Å². The normalized spacial score (nSPS) is 11.2. The molecular formula is C13H18ClNO5. The molecule has 0 fully saturated rings. The summed E-state index contributed by atoms with van der Waals surface area (Å²) in [5.41, 5.74) is 6.85. The summed E-state index contributed by atoms with van der Waals surface area (Å²) in [5, 5.41) is 0. The molecule has 0 aliphatic heterocycles. The van der Waals surface area contributed by atoms with Crippen LogP contribution in [0.1, 0.15) is 15.9 Å². The summed E-state index contributed by atoms with van der Waals surface area (Å²) in [6, 6.07) is 5.99. The van der Waals surface area contributed by atoms with Gasteiger partial charge in [0.15, 0.2) is 0 Å². The van der Waals surface area contributed by atoms with E-state index in [0.29, 0.717) is 12.2 Å². The van der Waals surface area contributed by atoms with Crippen molar-refractivity contribution in [3.63, 3.8) is 0 Å². The Morgan fingerprint density at radius 1 is 1.15 bits per heavy atom. The van der Waals surface area contributed by atoms with Crippen molar-refractivity contribution in [1.29, 1.82) is 0 Å². The van der Waals surface area contributed by atoms with E-state index < -0.39 is 12.0 Å². The van der Waals surface area contributed by atoms with Crippen LogP contribution in [0, 0.1) is 0 Å². The lowest BCUT2D eigenvalue weighted by Crippen LogP contribution is -2.36. The smallest absolute Gasteiger partial charge is 0.337 e. The summed E-state index contributed by atoms with van der Waals surface area (Å²) >= 11 is 0. The van der Waals surface area contributed by atoms with Gasteiger partial charge in [0, 0.05) is 0 Å². The molecule has 1 atom stereocenters. The van der Waals surface area contributed by atoms with Gasteiger partial charge < -0.3 is 19.9 Å². The van der Waals surface area contributed by atoms with Crippen molar-refractivity contribution in [2.24, 2.45) is 5.73 Å². The molecule has 0 amide bonds. The first kappa shape index (κ1) is 18.4. The van der Waals surface area contributed by atoms with E-state index in [-0.39, 0.29) is 25.0 Å². The summed E-state index contributed by atoms with van der Waals surface area (Å²) in [5.74, 6) is -0.902. The number of carbonyl (C=O) groups is 2. The number of ether oxygens (including phenoxy) is 3. The lowest BCUT2D eigenvalue weighted by Gasteiger charge is -2.10. The van der Waals surface area contributed by atoms with Crippen molar-refractivity contribution in [2.75, 3.05) is 20.8 Å². The summed E-state index contributed by atoms with van der Waals surface area (Å²) in [6.07, 6.45) is 0. The molecule has 1 aromatic rings. The minimum atomic E-state index is -0.792. The second-order valence-electron chi connectivity index (χ2n) is 3.83. The van der Waals surface area contributed by atoms with Gasteiger partial charge in [0.25, 0.3) is 0 Å². The van der Waals surface area contributed by atoms with E-state index in [2.05, 4.69) is 9.47 Å². The Bertz CT molecular complexity index is 435. The summed E-state index contributed by atoms with van der Waals surface area (Å²) in [6.45, 7) is 0.373. The van der Waals surface area contributed by atoms with Gasteiger partial charge in [-0.1, -0.05) is 12.1 Å². The number of nitrogens with two attached hydrogens (primary N) is 1. The monoisotopic (exact) mass is 303 g/mol. The maximum Gasteiger partial charge on any atom is 0.337 e. The largest absolute Gasteiger partial charge is 0.468 e. The zero-order valence-corrected chi connectivity index (χ0v) is 12.1. The molecule has 0 saturated carbocycles. The van der Waals surface area contributed by atoms with E-state index in [4.69, 9.17) is 10.5 Å². The van der Waals surface area contributed by atoms with Crippen LogP contribution in [0.15, 0.2) is 24.3 Å². The molecule has 0 aliphatic carbocycles. The number of hydrogen-bond acceptors (Lipinski definition) is 6. The fourth-order valence-corrected chi connectivity index (χ4v) is 1.38. The zero-order chi connectivity index (χ0) is 14.3. The minimum Gasteiger partial charge on any atom is -0.468 e. The third-order valence-corrected chi connectivity index (χ3v) is 2.45. The first-order chi connectivity index (χ1) is 9.08. The fraction of sp³-hybridized carbons (Fsp3) is 0.385. The van der Waals surface area contributed by atoms with Gasteiger partial charge in [0.2, 0.25) is 0 Å². The van der Waals surface area contributed by atoms with E-state index in [1.807, 2.05) is 0 Å². The van der Waals surface area contributed by atoms with Gasteiger partial charge in [0.1, 0.15) is 6.04 Å². The standard InChI is InChI=1S/C13H17NO5.ClH/c1-17-12(15)10-5-3-9(4-6-10)7-19-8-11(14)13(16)18-2;/h3-6,11H,7-8,14H2,1-2H3;1H/t11-;/m0./s1. The maximum atomic E-state index is 11.2. The van der Waals surface area contributed by atoms with Crippen molar-refractivity contribution in [3.8, 4) is 0 Å². The van der Waals surface area contributed by atoms with Gasteiger partial charge in [0.05, 0.1) is 33.0 Å². The van der Waals surface area contributed by atoms with Crippen molar-refractivity contribution >= 4 is 24.3 Å². The molecule has 0 aliphatic rings. The number of rotatable bonds is 6. The summed E-state index contributed by atoms with van der Waals surface area (Å²) < 4.78 is 14.4. The fourth-order valence-electron chi connectivity index (χ4n) is 1.38. The predicted molar refractivity (Wildman–Crippen MR) is 74.7 cm³/mol. The topological polar surface area (TPSA) is 87.9 Å². The molecule has 20 heavy (non-hydrogen) atoms. The van der Waals surface area contributed by atoms with E-state index in [0.717, 1.165) is 5.56 Å². The van der Waals surface area contributed by atoms with Crippen LogP contribution in [0.3, 0.4) is 0 Å². The zero-order valence-electron chi connectivity index (χ0n) is 11.3. The van der Waals surface area contributed by atoms with E-state index in [9.17, 15) is 9.59 Å². The lowest BCUT2D eigenvalue weighted by molar-refractivity contribution is -0.143. The number of benzene rings is 1. The van der Waals surface area contributed by atoms with Crippen LogP contribution < -0.4 is 5.73 Å². The van der Waals surface area contributed by atoms with Gasteiger partial charge in [-0.25, -0.2) is 4.79 Å². The highest BCUT2D eigenvalue weighted by Gasteiger charge is 2.13. The van der Waals surface area contributed by atoms with Crippen LogP contribution in [0.4, 0.5) is 0 Å². The molecular weight excluding hydrogens is 286 g/mol. The second kappa shape index (κ2) is 9.30. The third kappa shape index (κ3) is 5.56. The van der Waals surface area contributed by atoms with Gasteiger partial charge in [-0.15, -0.1) is 12.4 Å². The predicted octanol–water partition coefficient (Wildman–Crippen LogP) is 0.912. The highest BCUT2D eigenvalue weighted by molar-refractivity contribution is 5.89. The average molecular weight is 304 g/mol. The molecule has 0 bridgehead atoms. The van der Waals surface area contributed by atoms with Gasteiger partial charge in [-0.2, -0.15) is 0 Å². The molecule has 0 aromatic heterocycles. The second-order valence-corrected chi connectivity index (χ2v) is 3.83. The molecule has 1 aromatic carbocycles. The minimum absolute atomic E-state index is 0. The highest BCUT2D eigenvalue weighted by Crippen LogP contribution is 2.07. The van der Waals surface area contributed by atoms with Crippen LogP contribution in [0.2, 0.25) is 0 Å². The van der Waals surface area contributed by atoms with Gasteiger partial charge in [-0.3, -0.25) is 4.79 Å². The number of hydrogen-bond donors (Lipinski definition) is 1. The van der Waals surface area contributed by atoms with Crippen molar-refractivity contribution in [1.82, 2.24) is 0 Å². The maximum absolute atomic E-state index is 11.2. The first-order valence-corrected chi connectivity index (χ1v) is 5.67. The Kier molecular flexibility index (Phi) is 8.54. The Hall–Kier alpha value is -1.63. The summed E-state index contributed by atoms with van der Waals surface area (Å²) in [4.78, 5) is 22.2. The third-order valence-electron chi connectivity index (χ3n) is 2.45. The van der Waals surface area contributed by atoms with Crippen LogP contribution in [-0.4, -0.2) is 38.8 Å². The van der Waals surface area contributed by atoms with E-state index in [1.165, 1.54) is 14.2 Å². The molecule has 2 N–H and O–H groups in total. The van der Waals surface area contributed by atoms with Gasteiger partial charge in [-0.05, 0) is 17.7 Å². The average Bonchev–Trinajstić information content (AvgIpc) is 2.46. The van der Waals surface area contributed by atoms with Crippen LogP contribution in [0.5, 0.6) is 0 Å². The van der Waals surface area contributed by atoms with E-state index >= 15 is 0 Å². The van der Waals surface area contributed by atoms with Crippen LogP contribution >= 0.6 is 12.4 Å². The molecule has 6 nitrogen and oxygen atoms in total. The first-order valence-electron chi connectivity index (χ1n) is 5.67. The van der Waals surface area contributed by atoms with E-state index in [1.54, 1.807) is 24.3 Å². The quantitative estimate of drug-likeness (QED) is 0.786. The Morgan fingerprint density at radius 2 is 1.75 bits per heavy atom. The Balaban J connectivity index is 0.00000361. The van der Waals surface area contributed by atoms with Gasteiger partial charge >= 0.3 is 11.9 Å². The number of carbonyl (C=O) groups excluding carboxylic acids is 2. The highest BCUT2D eigenvalue weighted by atomic mass is 35.5. The van der Waals surface area contributed by atoms with Crippen molar-refractivity contribution < 1.29 is 23.8 Å². The molecule has 7 heteroatoms. The Labute approximate surface area is 123 Å². The molecule has 0 saturated heterocycles. The van der Waals surface area contributed by atoms with Crippen molar-refractivity contribution in [2.45, 2.75) is 12.6 Å². The lowest BCUT2D eigenvalue weighted by atomic mass is 10.1. The SMILES string of the molecule is COC(=O)c1ccc(COC[C@H](N)C(=O)OC)cc1.Cl. The number of methoxy groups -OCH3 is 2. The van der Waals surface area contributed by atoms with Crippen molar-refractivity contribution in [3.05, 3.63) is 35.4 Å². The number of halogens is 1. The molecule has 0 radical (unpaired) electrons. The molecule has 0 spiro atoms. The summed E-state index contributed by atoms with van der Waals surface area (Å²) in [7, 11) is 2.60. The Morgan fingerprint density at radius 3 is 2.25 bits per heavy atom. The molecule has 0 heterocycles. The molecule has 112 valence electrons. The van der Waals surface area contributed by atoms with Crippen LogP contribution in [0.25, 0.3) is 0 Å². The number of esters is 2. The molecule has 0 unspecified atom stereocenters. The molecule has 1 rings (SSSR count).